The number of halogens is 1. The van der Waals surface area contributed by atoms with E-state index in [0.717, 1.165) is 30.6 Å². The van der Waals surface area contributed by atoms with Crippen LogP contribution in [-0.2, 0) is 11.2 Å². The van der Waals surface area contributed by atoms with Crippen LogP contribution in [0.3, 0.4) is 0 Å². The summed E-state index contributed by atoms with van der Waals surface area (Å²) in [7, 11) is 0. The summed E-state index contributed by atoms with van der Waals surface area (Å²) in [5, 5.41) is 9.26. The molecule has 4 rings (SSSR count). The Kier molecular flexibility index (Phi) is 7.23. The van der Waals surface area contributed by atoms with Gasteiger partial charge in [0.1, 0.15) is 5.82 Å². The van der Waals surface area contributed by atoms with E-state index < -0.39 is 12.0 Å². The van der Waals surface area contributed by atoms with E-state index in [1.807, 2.05) is 18.2 Å². The second kappa shape index (κ2) is 10.3. The molecule has 1 aliphatic rings. The van der Waals surface area contributed by atoms with Gasteiger partial charge in [-0.3, -0.25) is 9.69 Å². The number of carbonyl (C=O) groups excluding carboxylic acids is 1. The van der Waals surface area contributed by atoms with Crippen LogP contribution in [0, 0.1) is 5.82 Å². The number of unbranched alkanes of at least 4 members (excludes halogenated alkanes) is 1. The number of aryl methyl sites for hydroxylation is 1. The van der Waals surface area contributed by atoms with Crippen LogP contribution in [-0.4, -0.2) is 26.8 Å². The molecule has 0 radical (unpaired) electrons. The van der Waals surface area contributed by atoms with Gasteiger partial charge in [-0.15, -0.1) is 10.2 Å². The number of hydrogen-bond acceptors (Lipinski definition) is 6. The number of amides is 1. The Labute approximate surface area is 197 Å². The van der Waals surface area contributed by atoms with E-state index in [-0.39, 0.29) is 23.8 Å². The minimum absolute atomic E-state index is 0.188. The summed E-state index contributed by atoms with van der Waals surface area (Å²) < 4.78 is 21.2. The van der Waals surface area contributed by atoms with Crippen molar-refractivity contribution in [2.45, 2.75) is 57.8 Å². The molecule has 0 bridgehead atoms. The smallest absolute Gasteiger partial charge is 0.247 e. The highest BCUT2D eigenvalue weighted by atomic mass is 32.2. The number of benzene rings is 2. The highest BCUT2D eigenvalue weighted by Gasteiger charge is 2.36. The lowest BCUT2D eigenvalue weighted by atomic mass is 10.0. The molecule has 0 unspecified atom stereocenters. The Morgan fingerprint density at radius 3 is 2.70 bits per heavy atom. The molecule has 1 aliphatic heterocycles. The number of rotatable bonds is 7. The van der Waals surface area contributed by atoms with Crippen LogP contribution in [0.15, 0.2) is 47.6 Å². The van der Waals surface area contributed by atoms with E-state index in [1.165, 1.54) is 22.7 Å². The largest absolute Gasteiger partial charge is 0.447 e. The summed E-state index contributed by atoms with van der Waals surface area (Å²) in [6.45, 7) is 5.96. The van der Waals surface area contributed by atoms with Gasteiger partial charge < -0.3 is 4.74 Å². The van der Waals surface area contributed by atoms with Gasteiger partial charge in [-0.2, -0.15) is 4.98 Å². The molecule has 0 spiro atoms. The zero-order valence-electron chi connectivity index (χ0n) is 19.0. The molecule has 3 aromatic rings. The predicted molar refractivity (Wildman–Crippen MR) is 128 cm³/mol. The van der Waals surface area contributed by atoms with E-state index in [9.17, 15) is 9.18 Å². The third-order valence-corrected chi connectivity index (χ3v) is 6.47. The van der Waals surface area contributed by atoms with Crippen molar-refractivity contribution in [1.29, 1.82) is 0 Å². The van der Waals surface area contributed by atoms with Gasteiger partial charge in [-0.1, -0.05) is 63.2 Å². The lowest BCUT2D eigenvalue weighted by Gasteiger charge is -2.31. The number of thioether (sulfide) groups is 1. The van der Waals surface area contributed by atoms with Gasteiger partial charge in [0, 0.05) is 23.3 Å². The lowest BCUT2D eigenvalue weighted by Crippen LogP contribution is -2.37. The van der Waals surface area contributed by atoms with Gasteiger partial charge in [0.15, 0.2) is 5.69 Å². The maximum absolute atomic E-state index is 14.9. The van der Waals surface area contributed by atoms with Crippen LogP contribution in [0.25, 0.3) is 11.3 Å². The first kappa shape index (κ1) is 23.2. The first-order valence-electron chi connectivity index (χ1n) is 11.3. The van der Waals surface area contributed by atoms with Gasteiger partial charge in [-0.05, 0) is 36.6 Å². The number of aromatic nitrogens is 3. The molecule has 0 fully saturated rings. The monoisotopic (exact) mass is 466 g/mol. The first-order chi connectivity index (χ1) is 16.1. The Hall–Kier alpha value is -3.00. The molecule has 172 valence electrons. The fourth-order valence-corrected chi connectivity index (χ4v) is 4.58. The molecule has 8 heteroatoms. The number of hydrogen-bond donors (Lipinski definition) is 0. The topological polar surface area (TPSA) is 68.2 Å². The van der Waals surface area contributed by atoms with Gasteiger partial charge in [-0.25, -0.2) is 4.39 Å². The zero-order chi connectivity index (χ0) is 23.4. The first-order valence-corrected chi connectivity index (χ1v) is 12.3. The molecule has 33 heavy (non-hydrogen) atoms. The predicted octanol–water partition coefficient (Wildman–Crippen LogP) is 5.97. The molecule has 1 atom stereocenters. The van der Waals surface area contributed by atoms with E-state index >= 15 is 0 Å². The molecule has 0 saturated heterocycles. The second-order valence-corrected chi connectivity index (χ2v) is 8.83. The zero-order valence-corrected chi connectivity index (χ0v) is 19.9. The maximum Gasteiger partial charge on any atom is 0.247 e. The number of ether oxygens (including phenoxy) is 1. The van der Waals surface area contributed by atoms with Crippen molar-refractivity contribution in [3.63, 3.8) is 0 Å². The average molecular weight is 467 g/mol. The van der Waals surface area contributed by atoms with Crippen molar-refractivity contribution in [1.82, 2.24) is 15.2 Å². The third kappa shape index (κ3) is 4.71. The van der Waals surface area contributed by atoms with Crippen molar-refractivity contribution in [3.05, 3.63) is 59.4 Å². The molecule has 2 aromatic carbocycles. The van der Waals surface area contributed by atoms with Crippen LogP contribution in [0.4, 0.5) is 10.1 Å². The van der Waals surface area contributed by atoms with E-state index in [2.05, 4.69) is 29.0 Å². The van der Waals surface area contributed by atoms with E-state index in [1.54, 1.807) is 25.1 Å². The summed E-state index contributed by atoms with van der Waals surface area (Å²) in [6.07, 6.45) is 2.13. The number of nitrogens with zero attached hydrogens (tertiary/aromatic N) is 4. The lowest BCUT2D eigenvalue weighted by molar-refractivity contribution is -0.120. The van der Waals surface area contributed by atoms with Crippen LogP contribution < -0.4 is 9.64 Å². The normalized spacial score (nSPS) is 14.8. The summed E-state index contributed by atoms with van der Waals surface area (Å²) in [6, 6.07) is 12.2. The standard InChI is InChI=1S/C25H27FN4O2S/c1-4-7-14-33-25-27-23-22(28-29-25)18-15-16(5-2)12-13-20(18)30(21(31)6-3)24(32-23)17-10-8-9-11-19(17)26/h8-13,15,24H,4-7,14H2,1-3H3/t24-/m1/s1. The van der Waals surface area contributed by atoms with Crippen LogP contribution >= 0.6 is 11.8 Å². The molecule has 2 heterocycles. The Bertz CT molecular complexity index is 1160. The van der Waals surface area contributed by atoms with Crippen molar-refractivity contribution in [2.75, 3.05) is 10.7 Å². The molecule has 0 N–H and O–H groups in total. The molecule has 6 nitrogen and oxygen atoms in total. The minimum atomic E-state index is -1.02. The third-order valence-electron chi connectivity index (χ3n) is 5.55. The van der Waals surface area contributed by atoms with Crippen LogP contribution in [0.2, 0.25) is 0 Å². The Balaban J connectivity index is 1.92. The molecular weight excluding hydrogens is 439 g/mol. The van der Waals surface area contributed by atoms with Crippen LogP contribution in [0.1, 0.15) is 57.4 Å². The van der Waals surface area contributed by atoms with Crippen molar-refractivity contribution in [3.8, 4) is 17.1 Å². The van der Waals surface area contributed by atoms with Crippen molar-refractivity contribution >= 4 is 23.4 Å². The van der Waals surface area contributed by atoms with Gasteiger partial charge in [0.25, 0.3) is 0 Å². The Morgan fingerprint density at radius 1 is 1.15 bits per heavy atom. The number of anilines is 1. The van der Waals surface area contributed by atoms with E-state index in [4.69, 9.17) is 4.74 Å². The second-order valence-electron chi connectivity index (χ2n) is 7.76. The van der Waals surface area contributed by atoms with E-state index in [0.29, 0.717) is 22.1 Å². The number of carbonyl (C=O) groups is 1. The maximum atomic E-state index is 14.9. The highest BCUT2D eigenvalue weighted by Crippen LogP contribution is 2.44. The van der Waals surface area contributed by atoms with Gasteiger partial charge >= 0.3 is 0 Å². The quantitative estimate of drug-likeness (QED) is 0.316. The average Bonchev–Trinajstić information content (AvgIpc) is 2.97. The van der Waals surface area contributed by atoms with Gasteiger partial charge in [0.05, 0.1) is 5.69 Å². The summed E-state index contributed by atoms with van der Waals surface area (Å²) in [5.41, 5.74) is 3.10. The molecular formula is C25H27FN4O2S. The fraction of sp³-hybridized carbons (Fsp3) is 0.360. The minimum Gasteiger partial charge on any atom is -0.447 e. The van der Waals surface area contributed by atoms with Crippen molar-refractivity contribution < 1.29 is 13.9 Å². The molecule has 1 aromatic heterocycles. The van der Waals surface area contributed by atoms with Gasteiger partial charge in [0.2, 0.25) is 23.2 Å². The Morgan fingerprint density at radius 2 is 1.97 bits per heavy atom. The molecule has 0 aliphatic carbocycles. The van der Waals surface area contributed by atoms with Crippen molar-refractivity contribution in [2.24, 2.45) is 0 Å². The molecule has 1 amide bonds. The SMILES string of the molecule is CCCCSc1nnc2c(n1)O[C@H](c1ccccc1F)N(C(=O)CC)c1ccc(CC)cc1-2. The molecule has 0 saturated carbocycles. The highest BCUT2D eigenvalue weighted by molar-refractivity contribution is 7.99. The number of fused-ring (bicyclic) bond motifs is 3. The fourth-order valence-electron chi connectivity index (χ4n) is 3.72. The van der Waals surface area contributed by atoms with Crippen LogP contribution in [0.5, 0.6) is 5.88 Å². The summed E-state index contributed by atoms with van der Waals surface area (Å²) in [4.78, 5) is 19.3. The summed E-state index contributed by atoms with van der Waals surface area (Å²) in [5.74, 6) is 0.474. The summed E-state index contributed by atoms with van der Waals surface area (Å²) >= 11 is 1.51.